The van der Waals surface area contributed by atoms with E-state index in [1.807, 2.05) is 45.9 Å². The van der Waals surface area contributed by atoms with Crippen LogP contribution in [0.15, 0.2) is 24.3 Å². The van der Waals surface area contributed by atoms with Crippen LogP contribution in [0.1, 0.15) is 50.5 Å². The van der Waals surface area contributed by atoms with E-state index in [-0.39, 0.29) is 23.8 Å². The van der Waals surface area contributed by atoms with Crippen LogP contribution in [0.3, 0.4) is 0 Å². The lowest BCUT2D eigenvalue weighted by Crippen LogP contribution is -2.52. The molecule has 22 heavy (non-hydrogen) atoms. The summed E-state index contributed by atoms with van der Waals surface area (Å²) in [6, 6.07) is 6.90. The number of amides is 2. The zero-order valence-electron chi connectivity index (χ0n) is 14.4. The Labute approximate surface area is 133 Å². The van der Waals surface area contributed by atoms with Crippen molar-refractivity contribution in [2.24, 2.45) is 11.8 Å². The molecule has 4 nitrogen and oxygen atoms in total. The second-order valence-electron chi connectivity index (χ2n) is 6.61. The first-order valence-corrected chi connectivity index (χ1v) is 7.90. The molecule has 1 rings (SSSR count). The first-order chi connectivity index (χ1) is 10.2. The maximum Gasteiger partial charge on any atom is 0.251 e. The predicted molar refractivity (Wildman–Crippen MR) is 89.7 cm³/mol. The fourth-order valence-corrected chi connectivity index (χ4v) is 2.03. The Morgan fingerprint density at radius 2 is 1.59 bits per heavy atom. The van der Waals surface area contributed by atoms with E-state index < -0.39 is 6.04 Å². The lowest BCUT2D eigenvalue weighted by molar-refractivity contribution is -0.124. The molecule has 0 heterocycles. The predicted octanol–water partition coefficient (Wildman–Crippen LogP) is 2.91. The third kappa shape index (κ3) is 5.17. The van der Waals surface area contributed by atoms with Gasteiger partial charge in [0.15, 0.2) is 0 Å². The van der Waals surface area contributed by atoms with E-state index in [9.17, 15) is 9.59 Å². The van der Waals surface area contributed by atoms with Crippen LogP contribution in [0.4, 0.5) is 0 Å². The Morgan fingerprint density at radius 3 is 2.09 bits per heavy atom. The van der Waals surface area contributed by atoms with Crippen LogP contribution in [0.5, 0.6) is 0 Å². The van der Waals surface area contributed by atoms with Gasteiger partial charge in [-0.2, -0.15) is 0 Å². The maximum atomic E-state index is 12.4. The van der Waals surface area contributed by atoms with Crippen LogP contribution >= 0.6 is 0 Å². The molecule has 0 aliphatic carbocycles. The highest BCUT2D eigenvalue weighted by atomic mass is 16.2. The molecule has 2 amide bonds. The Morgan fingerprint density at radius 1 is 0.955 bits per heavy atom. The van der Waals surface area contributed by atoms with Crippen molar-refractivity contribution in [1.29, 1.82) is 0 Å². The lowest BCUT2D eigenvalue weighted by atomic mass is 10.0. The van der Waals surface area contributed by atoms with E-state index in [0.29, 0.717) is 11.5 Å². The highest BCUT2D eigenvalue weighted by molar-refractivity contribution is 5.97. The lowest BCUT2D eigenvalue weighted by Gasteiger charge is -2.25. The minimum Gasteiger partial charge on any atom is -0.352 e. The van der Waals surface area contributed by atoms with Crippen molar-refractivity contribution in [3.63, 3.8) is 0 Å². The Balaban J connectivity index is 2.80. The molecule has 0 spiro atoms. The van der Waals surface area contributed by atoms with Gasteiger partial charge in [0.2, 0.25) is 5.91 Å². The molecule has 2 unspecified atom stereocenters. The monoisotopic (exact) mass is 304 g/mol. The van der Waals surface area contributed by atoms with E-state index in [1.165, 1.54) is 0 Å². The number of rotatable bonds is 6. The molecule has 2 N–H and O–H groups in total. The highest BCUT2D eigenvalue weighted by Crippen LogP contribution is 2.08. The van der Waals surface area contributed by atoms with Crippen LogP contribution in [-0.2, 0) is 4.79 Å². The van der Waals surface area contributed by atoms with Crippen molar-refractivity contribution in [2.75, 3.05) is 0 Å². The maximum absolute atomic E-state index is 12.4. The number of hydrogen-bond acceptors (Lipinski definition) is 2. The van der Waals surface area contributed by atoms with Crippen molar-refractivity contribution in [2.45, 2.75) is 53.6 Å². The summed E-state index contributed by atoms with van der Waals surface area (Å²) < 4.78 is 0. The molecule has 0 saturated carbocycles. The summed E-state index contributed by atoms with van der Waals surface area (Å²) in [5.74, 6) is 0.0318. The second kappa shape index (κ2) is 7.97. The second-order valence-corrected chi connectivity index (χ2v) is 6.61. The van der Waals surface area contributed by atoms with Crippen LogP contribution in [0, 0.1) is 18.8 Å². The van der Waals surface area contributed by atoms with Gasteiger partial charge in [0, 0.05) is 11.6 Å². The average molecular weight is 304 g/mol. The summed E-state index contributed by atoms with van der Waals surface area (Å²) in [7, 11) is 0. The minimum absolute atomic E-state index is 0.0214. The SMILES string of the molecule is Cc1cccc(C(=O)NC(C(=O)NC(C)C(C)C)C(C)C)c1. The van der Waals surface area contributed by atoms with Crippen LogP contribution in [0.2, 0.25) is 0 Å². The van der Waals surface area contributed by atoms with Crippen molar-refractivity contribution >= 4 is 11.8 Å². The molecule has 0 aliphatic rings. The third-order valence-corrected chi connectivity index (χ3v) is 3.89. The summed E-state index contributed by atoms with van der Waals surface area (Å²) >= 11 is 0. The van der Waals surface area contributed by atoms with E-state index in [4.69, 9.17) is 0 Å². The number of nitrogens with one attached hydrogen (secondary N) is 2. The molecule has 0 aliphatic heterocycles. The van der Waals surface area contributed by atoms with E-state index >= 15 is 0 Å². The van der Waals surface area contributed by atoms with Crippen molar-refractivity contribution in [1.82, 2.24) is 10.6 Å². The highest BCUT2D eigenvalue weighted by Gasteiger charge is 2.26. The minimum atomic E-state index is -0.533. The quantitative estimate of drug-likeness (QED) is 0.849. The summed E-state index contributed by atoms with van der Waals surface area (Å²) in [4.78, 5) is 24.8. The van der Waals surface area contributed by atoms with Crippen LogP contribution < -0.4 is 10.6 Å². The van der Waals surface area contributed by atoms with E-state index in [2.05, 4.69) is 24.5 Å². The van der Waals surface area contributed by atoms with Crippen molar-refractivity contribution in [3.05, 3.63) is 35.4 Å². The largest absolute Gasteiger partial charge is 0.352 e. The van der Waals surface area contributed by atoms with Gasteiger partial charge in [0.25, 0.3) is 5.91 Å². The number of benzene rings is 1. The molecule has 0 fully saturated rings. The fraction of sp³-hybridized carbons (Fsp3) is 0.556. The summed E-state index contributed by atoms with van der Waals surface area (Å²) in [6.45, 7) is 11.9. The summed E-state index contributed by atoms with van der Waals surface area (Å²) in [5, 5.41) is 5.83. The standard InChI is InChI=1S/C18H28N2O2/c1-11(2)14(6)19-18(22)16(12(3)4)20-17(21)15-9-7-8-13(5)10-15/h7-12,14,16H,1-6H3,(H,19,22)(H,20,21). The van der Waals surface area contributed by atoms with Gasteiger partial charge in [-0.25, -0.2) is 0 Å². The molecular formula is C18H28N2O2. The summed E-state index contributed by atoms with van der Waals surface area (Å²) in [5.41, 5.74) is 1.60. The third-order valence-electron chi connectivity index (χ3n) is 3.89. The summed E-state index contributed by atoms with van der Waals surface area (Å²) in [6.07, 6.45) is 0. The van der Waals surface area contributed by atoms with Gasteiger partial charge >= 0.3 is 0 Å². The molecule has 1 aromatic rings. The Hall–Kier alpha value is -1.84. The normalized spacial score (nSPS) is 13.8. The van der Waals surface area contributed by atoms with Crippen molar-refractivity contribution < 1.29 is 9.59 Å². The van der Waals surface area contributed by atoms with E-state index in [1.54, 1.807) is 6.07 Å². The van der Waals surface area contributed by atoms with Gasteiger partial charge in [-0.3, -0.25) is 9.59 Å². The fourth-order valence-electron chi connectivity index (χ4n) is 2.03. The Kier molecular flexibility index (Phi) is 6.60. The average Bonchev–Trinajstić information content (AvgIpc) is 2.43. The van der Waals surface area contributed by atoms with Crippen molar-refractivity contribution in [3.8, 4) is 0 Å². The van der Waals surface area contributed by atoms with Crippen LogP contribution in [-0.4, -0.2) is 23.9 Å². The molecule has 0 aromatic heterocycles. The van der Waals surface area contributed by atoms with Gasteiger partial charge in [-0.15, -0.1) is 0 Å². The van der Waals surface area contributed by atoms with Gasteiger partial charge in [-0.05, 0) is 37.8 Å². The number of aryl methyl sites for hydroxylation is 1. The molecule has 0 radical (unpaired) electrons. The molecule has 122 valence electrons. The smallest absolute Gasteiger partial charge is 0.251 e. The zero-order valence-corrected chi connectivity index (χ0v) is 14.4. The Bertz CT molecular complexity index is 524. The van der Waals surface area contributed by atoms with E-state index in [0.717, 1.165) is 5.56 Å². The van der Waals surface area contributed by atoms with Gasteiger partial charge in [-0.1, -0.05) is 45.4 Å². The first-order valence-electron chi connectivity index (χ1n) is 7.90. The van der Waals surface area contributed by atoms with Crippen LogP contribution in [0.25, 0.3) is 0 Å². The zero-order chi connectivity index (χ0) is 16.9. The molecule has 1 aromatic carbocycles. The molecular weight excluding hydrogens is 276 g/mol. The topological polar surface area (TPSA) is 58.2 Å². The molecule has 0 saturated heterocycles. The number of carbonyl (C=O) groups is 2. The molecule has 2 atom stereocenters. The van der Waals surface area contributed by atoms with Gasteiger partial charge in [0.1, 0.15) is 6.04 Å². The number of carbonyl (C=O) groups excluding carboxylic acids is 2. The number of hydrogen-bond donors (Lipinski definition) is 2. The molecule has 0 bridgehead atoms. The first kappa shape index (κ1) is 18.2. The van der Waals surface area contributed by atoms with Gasteiger partial charge < -0.3 is 10.6 Å². The molecule has 4 heteroatoms. The van der Waals surface area contributed by atoms with Gasteiger partial charge in [0.05, 0.1) is 0 Å².